The molecule has 0 radical (unpaired) electrons. The van der Waals surface area contributed by atoms with Gasteiger partial charge in [-0.25, -0.2) is 0 Å². The molecule has 0 bridgehead atoms. The Morgan fingerprint density at radius 3 is 2.95 bits per heavy atom. The van der Waals surface area contributed by atoms with Gasteiger partial charge in [-0.05, 0) is 44.1 Å². The van der Waals surface area contributed by atoms with Crippen molar-refractivity contribution >= 4 is 17.3 Å². The van der Waals surface area contributed by atoms with Crippen molar-refractivity contribution in [3.8, 4) is 0 Å². The van der Waals surface area contributed by atoms with Gasteiger partial charge in [-0.1, -0.05) is 24.1 Å². The molecule has 3 nitrogen and oxygen atoms in total. The van der Waals surface area contributed by atoms with E-state index in [4.69, 9.17) is 11.6 Å². The second kappa shape index (κ2) is 6.33. The lowest BCUT2D eigenvalue weighted by Crippen LogP contribution is -2.55. The summed E-state index contributed by atoms with van der Waals surface area (Å²) in [5.74, 6) is 0. The van der Waals surface area contributed by atoms with E-state index in [0.717, 1.165) is 30.7 Å². The lowest BCUT2D eigenvalue weighted by atomic mass is 9.99. The Morgan fingerprint density at radius 1 is 1.25 bits per heavy atom. The fourth-order valence-electron chi connectivity index (χ4n) is 3.50. The zero-order valence-electron chi connectivity index (χ0n) is 12.2. The summed E-state index contributed by atoms with van der Waals surface area (Å²) in [6, 6.07) is 7.20. The van der Waals surface area contributed by atoms with Crippen LogP contribution < -0.4 is 10.2 Å². The standard InChI is InChI=1S/C16H24ClN3/c1-18-11-13-5-6-16(15(17)10-13)20-9-8-19-7-3-2-4-14(19)12-20/h5-6,10,14,18H,2-4,7-9,11-12H2,1H3. The van der Waals surface area contributed by atoms with E-state index in [1.165, 1.54) is 43.6 Å². The Balaban J connectivity index is 1.72. The summed E-state index contributed by atoms with van der Waals surface area (Å²) in [4.78, 5) is 5.13. The van der Waals surface area contributed by atoms with Gasteiger partial charge in [-0.15, -0.1) is 0 Å². The minimum Gasteiger partial charge on any atom is -0.367 e. The molecule has 1 aromatic carbocycles. The maximum atomic E-state index is 6.49. The van der Waals surface area contributed by atoms with Crippen LogP contribution in [0.3, 0.4) is 0 Å². The van der Waals surface area contributed by atoms with E-state index in [1.54, 1.807) is 0 Å². The number of anilines is 1. The predicted molar refractivity (Wildman–Crippen MR) is 85.6 cm³/mol. The predicted octanol–water partition coefficient (Wildman–Crippen LogP) is 2.73. The highest BCUT2D eigenvalue weighted by molar-refractivity contribution is 6.33. The Morgan fingerprint density at radius 2 is 2.15 bits per heavy atom. The number of fused-ring (bicyclic) bond motifs is 1. The first-order chi connectivity index (χ1) is 9.78. The molecule has 20 heavy (non-hydrogen) atoms. The fourth-order valence-corrected chi connectivity index (χ4v) is 3.82. The van der Waals surface area contributed by atoms with Crippen LogP contribution in [-0.4, -0.2) is 44.2 Å². The number of hydrogen-bond donors (Lipinski definition) is 1. The van der Waals surface area contributed by atoms with E-state index < -0.39 is 0 Å². The zero-order chi connectivity index (χ0) is 13.9. The maximum Gasteiger partial charge on any atom is 0.0642 e. The van der Waals surface area contributed by atoms with Gasteiger partial charge in [0.15, 0.2) is 0 Å². The van der Waals surface area contributed by atoms with Crippen molar-refractivity contribution in [2.45, 2.75) is 31.8 Å². The summed E-state index contributed by atoms with van der Waals surface area (Å²) in [5, 5.41) is 4.06. The third-order valence-corrected chi connectivity index (χ3v) is 4.87. The largest absolute Gasteiger partial charge is 0.367 e. The minimum atomic E-state index is 0.727. The van der Waals surface area contributed by atoms with Gasteiger partial charge in [0.05, 0.1) is 10.7 Å². The molecule has 1 N–H and O–H groups in total. The summed E-state index contributed by atoms with van der Waals surface area (Å²) in [5.41, 5.74) is 2.45. The topological polar surface area (TPSA) is 18.5 Å². The maximum absolute atomic E-state index is 6.49. The van der Waals surface area contributed by atoms with Crippen LogP contribution >= 0.6 is 11.6 Å². The molecular weight excluding hydrogens is 270 g/mol. The van der Waals surface area contributed by atoms with Gasteiger partial charge >= 0.3 is 0 Å². The Bertz CT molecular complexity index is 463. The Kier molecular flexibility index (Phi) is 4.49. The third-order valence-electron chi connectivity index (χ3n) is 4.57. The van der Waals surface area contributed by atoms with E-state index in [9.17, 15) is 0 Å². The number of rotatable bonds is 3. The number of piperazine rings is 1. The number of piperidine rings is 1. The molecule has 0 spiro atoms. The van der Waals surface area contributed by atoms with Crippen LogP contribution in [0.15, 0.2) is 18.2 Å². The number of halogens is 1. The van der Waals surface area contributed by atoms with Gasteiger partial charge in [-0.2, -0.15) is 0 Å². The molecule has 1 unspecified atom stereocenters. The summed E-state index contributed by atoms with van der Waals surface area (Å²) in [6.07, 6.45) is 4.09. The quantitative estimate of drug-likeness (QED) is 0.924. The second-order valence-electron chi connectivity index (χ2n) is 5.95. The molecular formula is C16H24ClN3. The van der Waals surface area contributed by atoms with Gasteiger partial charge < -0.3 is 10.2 Å². The lowest BCUT2D eigenvalue weighted by Gasteiger charge is -2.45. The van der Waals surface area contributed by atoms with Crippen LogP contribution in [0, 0.1) is 0 Å². The number of nitrogens with zero attached hydrogens (tertiary/aromatic N) is 2. The molecule has 0 aromatic heterocycles. The van der Waals surface area contributed by atoms with Gasteiger partial charge in [0, 0.05) is 32.2 Å². The zero-order valence-corrected chi connectivity index (χ0v) is 13.0. The summed E-state index contributed by atoms with van der Waals surface area (Å²) >= 11 is 6.49. The van der Waals surface area contributed by atoms with Crippen molar-refractivity contribution in [2.24, 2.45) is 0 Å². The molecule has 0 aliphatic carbocycles. The highest BCUT2D eigenvalue weighted by Crippen LogP contribution is 2.30. The molecule has 0 saturated carbocycles. The van der Waals surface area contributed by atoms with Gasteiger partial charge in [0.25, 0.3) is 0 Å². The van der Waals surface area contributed by atoms with Crippen LogP contribution in [0.1, 0.15) is 24.8 Å². The summed E-state index contributed by atoms with van der Waals surface area (Å²) in [7, 11) is 1.96. The van der Waals surface area contributed by atoms with Crippen LogP contribution in [0.25, 0.3) is 0 Å². The van der Waals surface area contributed by atoms with Crippen molar-refractivity contribution < 1.29 is 0 Å². The third kappa shape index (κ3) is 2.95. The van der Waals surface area contributed by atoms with E-state index in [1.807, 2.05) is 7.05 Å². The van der Waals surface area contributed by atoms with E-state index in [0.29, 0.717) is 0 Å². The first kappa shape index (κ1) is 14.2. The van der Waals surface area contributed by atoms with E-state index in [-0.39, 0.29) is 0 Å². The van der Waals surface area contributed by atoms with Crippen molar-refractivity contribution in [3.05, 3.63) is 28.8 Å². The van der Waals surface area contributed by atoms with Crippen LogP contribution in [0.2, 0.25) is 5.02 Å². The molecule has 2 fully saturated rings. The lowest BCUT2D eigenvalue weighted by molar-refractivity contribution is 0.133. The SMILES string of the molecule is CNCc1ccc(N2CCN3CCCCC3C2)c(Cl)c1. The van der Waals surface area contributed by atoms with Crippen LogP contribution in [0.4, 0.5) is 5.69 Å². The molecule has 1 aromatic rings. The molecule has 2 heterocycles. The average Bonchev–Trinajstić information content (AvgIpc) is 2.47. The van der Waals surface area contributed by atoms with E-state index >= 15 is 0 Å². The molecule has 1 atom stereocenters. The number of hydrogen-bond acceptors (Lipinski definition) is 3. The molecule has 2 aliphatic heterocycles. The van der Waals surface area contributed by atoms with Crippen molar-refractivity contribution in [1.29, 1.82) is 0 Å². The molecule has 2 saturated heterocycles. The highest BCUT2D eigenvalue weighted by Gasteiger charge is 2.29. The first-order valence-electron chi connectivity index (χ1n) is 7.70. The molecule has 4 heteroatoms. The summed E-state index contributed by atoms with van der Waals surface area (Å²) < 4.78 is 0. The number of nitrogens with one attached hydrogen (secondary N) is 1. The second-order valence-corrected chi connectivity index (χ2v) is 6.35. The van der Waals surface area contributed by atoms with Gasteiger partial charge in [0.2, 0.25) is 0 Å². The monoisotopic (exact) mass is 293 g/mol. The van der Waals surface area contributed by atoms with Crippen molar-refractivity contribution in [1.82, 2.24) is 10.2 Å². The minimum absolute atomic E-state index is 0.727. The molecule has 0 amide bonds. The van der Waals surface area contributed by atoms with Gasteiger partial charge in [-0.3, -0.25) is 4.90 Å². The van der Waals surface area contributed by atoms with Crippen molar-refractivity contribution in [2.75, 3.05) is 38.1 Å². The number of benzene rings is 1. The van der Waals surface area contributed by atoms with Crippen molar-refractivity contribution in [3.63, 3.8) is 0 Å². The van der Waals surface area contributed by atoms with Crippen LogP contribution in [-0.2, 0) is 6.54 Å². The van der Waals surface area contributed by atoms with E-state index in [2.05, 4.69) is 33.3 Å². The van der Waals surface area contributed by atoms with Gasteiger partial charge in [0.1, 0.15) is 0 Å². The highest BCUT2D eigenvalue weighted by atomic mass is 35.5. The first-order valence-corrected chi connectivity index (χ1v) is 8.08. The fraction of sp³-hybridized carbons (Fsp3) is 0.625. The Labute approximate surface area is 126 Å². The normalized spacial score (nSPS) is 23.7. The molecule has 3 rings (SSSR count). The average molecular weight is 294 g/mol. The smallest absolute Gasteiger partial charge is 0.0642 e. The Hall–Kier alpha value is -0.770. The molecule has 2 aliphatic rings. The van der Waals surface area contributed by atoms with Crippen LogP contribution in [0.5, 0.6) is 0 Å². The molecule has 110 valence electrons. The summed E-state index contributed by atoms with van der Waals surface area (Å²) in [6.45, 7) is 5.57.